The smallest absolute Gasteiger partial charge is 0.260 e. The summed E-state index contributed by atoms with van der Waals surface area (Å²) in [5, 5.41) is 3.12. The van der Waals surface area contributed by atoms with Gasteiger partial charge in [0.25, 0.3) is 5.91 Å². The maximum absolute atomic E-state index is 13.6. The molecule has 0 aliphatic rings. The monoisotopic (exact) mass is 312 g/mol. The molecular weight excluding hydrogens is 299 g/mol. The Morgan fingerprint density at radius 1 is 1.09 bits per heavy atom. The quantitative estimate of drug-likeness (QED) is 0.773. The van der Waals surface area contributed by atoms with Gasteiger partial charge in [0.1, 0.15) is 5.82 Å². The van der Waals surface area contributed by atoms with Gasteiger partial charge in [0.2, 0.25) is 0 Å². The van der Waals surface area contributed by atoms with Gasteiger partial charge in [0, 0.05) is 10.4 Å². The number of aromatic nitrogens is 1. The average molecular weight is 312 g/mol. The summed E-state index contributed by atoms with van der Waals surface area (Å²) < 4.78 is 13.6. The van der Waals surface area contributed by atoms with Gasteiger partial charge in [-0.2, -0.15) is 0 Å². The Kier molecular flexibility index (Phi) is 3.98. The second kappa shape index (κ2) is 6.07. The Bertz CT molecular complexity index is 815. The molecular formula is C17H13FN2OS. The molecule has 0 unspecified atom stereocenters. The van der Waals surface area contributed by atoms with Crippen LogP contribution < -0.4 is 5.32 Å². The second-order valence-corrected chi connectivity index (χ2v) is 5.93. The molecule has 22 heavy (non-hydrogen) atoms. The number of benzene rings is 2. The first-order valence-electron chi connectivity index (χ1n) is 6.74. The summed E-state index contributed by atoms with van der Waals surface area (Å²) in [5.74, 6) is -1.04. The van der Waals surface area contributed by atoms with Crippen molar-refractivity contribution in [1.82, 2.24) is 4.98 Å². The van der Waals surface area contributed by atoms with E-state index in [1.807, 2.05) is 37.3 Å². The Morgan fingerprint density at radius 3 is 2.50 bits per heavy atom. The summed E-state index contributed by atoms with van der Waals surface area (Å²) in [4.78, 5) is 17.5. The number of hydrogen-bond donors (Lipinski definition) is 1. The molecule has 0 radical (unpaired) electrons. The Morgan fingerprint density at radius 2 is 1.77 bits per heavy atom. The molecule has 1 heterocycles. The number of hydrogen-bond acceptors (Lipinski definition) is 3. The van der Waals surface area contributed by atoms with Gasteiger partial charge in [-0.1, -0.05) is 42.5 Å². The van der Waals surface area contributed by atoms with Crippen LogP contribution in [0.15, 0.2) is 54.6 Å². The first-order valence-corrected chi connectivity index (χ1v) is 7.55. The number of anilines is 1. The van der Waals surface area contributed by atoms with E-state index in [0.717, 1.165) is 16.1 Å². The predicted octanol–water partition coefficient (Wildman–Crippen LogP) is 4.51. The van der Waals surface area contributed by atoms with Crippen molar-refractivity contribution < 1.29 is 9.18 Å². The van der Waals surface area contributed by atoms with Gasteiger partial charge >= 0.3 is 0 Å². The topological polar surface area (TPSA) is 42.0 Å². The van der Waals surface area contributed by atoms with Crippen LogP contribution in [0.25, 0.3) is 11.3 Å². The van der Waals surface area contributed by atoms with Gasteiger partial charge < -0.3 is 0 Å². The molecule has 5 heteroatoms. The number of carbonyl (C=O) groups excluding carboxylic acids is 1. The molecule has 2 aromatic carbocycles. The fraction of sp³-hybridized carbons (Fsp3) is 0.0588. The van der Waals surface area contributed by atoms with Crippen LogP contribution in [0, 0.1) is 12.7 Å². The van der Waals surface area contributed by atoms with Crippen LogP contribution in [0.5, 0.6) is 0 Å². The lowest BCUT2D eigenvalue weighted by Gasteiger charge is -2.02. The van der Waals surface area contributed by atoms with E-state index in [9.17, 15) is 9.18 Å². The summed E-state index contributed by atoms with van der Waals surface area (Å²) >= 11 is 1.37. The van der Waals surface area contributed by atoms with E-state index in [-0.39, 0.29) is 5.56 Å². The highest BCUT2D eigenvalue weighted by Gasteiger charge is 2.15. The third kappa shape index (κ3) is 2.89. The molecule has 0 atom stereocenters. The molecule has 1 aromatic heterocycles. The van der Waals surface area contributed by atoms with Gasteiger partial charge in [0.15, 0.2) is 5.13 Å². The van der Waals surface area contributed by atoms with Gasteiger partial charge in [0.05, 0.1) is 11.3 Å². The summed E-state index contributed by atoms with van der Waals surface area (Å²) in [6, 6.07) is 15.6. The van der Waals surface area contributed by atoms with E-state index in [1.165, 1.54) is 23.5 Å². The minimum Gasteiger partial charge on any atom is -0.298 e. The normalized spacial score (nSPS) is 10.5. The lowest BCUT2D eigenvalue weighted by molar-refractivity contribution is 0.102. The Balaban J connectivity index is 1.86. The van der Waals surface area contributed by atoms with Crippen molar-refractivity contribution in [2.75, 3.05) is 5.32 Å². The zero-order chi connectivity index (χ0) is 15.5. The number of carbonyl (C=O) groups is 1. The fourth-order valence-electron chi connectivity index (χ4n) is 2.12. The molecule has 0 saturated carbocycles. The molecule has 3 rings (SSSR count). The minimum absolute atomic E-state index is 0.0108. The van der Waals surface area contributed by atoms with Crippen LogP contribution in [-0.2, 0) is 0 Å². The van der Waals surface area contributed by atoms with E-state index in [2.05, 4.69) is 10.3 Å². The molecule has 1 amide bonds. The largest absolute Gasteiger partial charge is 0.298 e. The van der Waals surface area contributed by atoms with Crippen molar-refractivity contribution >= 4 is 22.4 Å². The first-order chi connectivity index (χ1) is 10.6. The summed E-state index contributed by atoms with van der Waals surface area (Å²) in [6.07, 6.45) is 0. The highest BCUT2D eigenvalue weighted by molar-refractivity contribution is 7.16. The van der Waals surface area contributed by atoms with Gasteiger partial charge in [-0.15, -0.1) is 11.3 Å². The number of thiazole rings is 1. The van der Waals surface area contributed by atoms with Crippen molar-refractivity contribution in [1.29, 1.82) is 0 Å². The van der Waals surface area contributed by atoms with Crippen LogP contribution in [0.3, 0.4) is 0 Å². The summed E-state index contributed by atoms with van der Waals surface area (Å²) in [6.45, 7) is 1.94. The number of aryl methyl sites for hydroxylation is 1. The molecule has 0 fully saturated rings. The molecule has 110 valence electrons. The Hall–Kier alpha value is -2.53. The maximum Gasteiger partial charge on any atom is 0.260 e. The molecule has 0 spiro atoms. The van der Waals surface area contributed by atoms with E-state index in [4.69, 9.17) is 0 Å². The maximum atomic E-state index is 13.6. The molecule has 0 aliphatic heterocycles. The molecule has 3 aromatic rings. The SMILES string of the molecule is Cc1sc(NC(=O)c2ccccc2F)nc1-c1ccccc1. The second-order valence-electron chi connectivity index (χ2n) is 4.72. The minimum atomic E-state index is -0.545. The zero-order valence-corrected chi connectivity index (χ0v) is 12.7. The Labute approximate surface area is 131 Å². The van der Waals surface area contributed by atoms with Crippen molar-refractivity contribution in [3.05, 3.63) is 70.9 Å². The van der Waals surface area contributed by atoms with Crippen LogP contribution in [0.4, 0.5) is 9.52 Å². The van der Waals surface area contributed by atoms with Crippen LogP contribution in [0.1, 0.15) is 15.2 Å². The van der Waals surface area contributed by atoms with Crippen LogP contribution >= 0.6 is 11.3 Å². The lowest BCUT2D eigenvalue weighted by Crippen LogP contribution is -2.13. The van der Waals surface area contributed by atoms with Crippen LogP contribution in [-0.4, -0.2) is 10.9 Å². The van der Waals surface area contributed by atoms with Crippen molar-refractivity contribution in [2.45, 2.75) is 6.92 Å². The third-order valence-corrected chi connectivity index (χ3v) is 4.07. The highest BCUT2D eigenvalue weighted by Crippen LogP contribution is 2.30. The third-order valence-electron chi connectivity index (χ3n) is 3.18. The lowest BCUT2D eigenvalue weighted by atomic mass is 10.1. The number of nitrogens with one attached hydrogen (secondary N) is 1. The van der Waals surface area contributed by atoms with E-state index in [1.54, 1.807) is 12.1 Å². The average Bonchev–Trinajstić information content (AvgIpc) is 2.89. The van der Waals surface area contributed by atoms with E-state index < -0.39 is 11.7 Å². The van der Waals surface area contributed by atoms with Gasteiger partial charge in [-0.05, 0) is 19.1 Å². The summed E-state index contributed by atoms with van der Waals surface area (Å²) in [7, 11) is 0. The molecule has 0 bridgehead atoms. The number of amides is 1. The standard InChI is InChI=1S/C17H13FN2OS/c1-11-15(12-7-3-2-4-8-12)19-17(22-11)20-16(21)13-9-5-6-10-14(13)18/h2-10H,1H3,(H,19,20,21). The van der Waals surface area contributed by atoms with Gasteiger partial charge in [-0.3, -0.25) is 10.1 Å². The van der Waals surface area contributed by atoms with E-state index in [0.29, 0.717) is 5.13 Å². The summed E-state index contributed by atoms with van der Waals surface area (Å²) in [5.41, 5.74) is 1.83. The van der Waals surface area contributed by atoms with Crippen LogP contribution in [0.2, 0.25) is 0 Å². The molecule has 0 aliphatic carbocycles. The molecule has 1 N–H and O–H groups in total. The van der Waals surface area contributed by atoms with E-state index >= 15 is 0 Å². The number of nitrogens with zero attached hydrogens (tertiary/aromatic N) is 1. The van der Waals surface area contributed by atoms with Crippen molar-refractivity contribution in [3.8, 4) is 11.3 Å². The van der Waals surface area contributed by atoms with Crippen molar-refractivity contribution in [2.24, 2.45) is 0 Å². The highest BCUT2D eigenvalue weighted by atomic mass is 32.1. The number of halogens is 1. The fourth-order valence-corrected chi connectivity index (χ4v) is 2.95. The zero-order valence-electron chi connectivity index (χ0n) is 11.8. The molecule has 3 nitrogen and oxygen atoms in total. The number of rotatable bonds is 3. The molecule has 0 saturated heterocycles. The first kappa shape index (κ1) is 14.4. The van der Waals surface area contributed by atoms with Gasteiger partial charge in [-0.25, -0.2) is 9.37 Å². The van der Waals surface area contributed by atoms with Crippen molar-refractivity contribution in [3.63, 3.8) is 0 Å². The predicted molar refractivity (Wildman–Crippen MR) is 86.6 cm³/mol.